The number of benzene rings is 1. The first kappa shape index (κ1) is 21.8. The van der Waals surface area contributed by atoms with Gasteiger partial charge in [0.25, 0.3) is 0 Å². The highest BCUT2D eigenvalue weighted by atomic mass is 35.5. The van der Waals surface area contributed by atoms with Gasteiger partial charge >= 0.3 is 0 Å². The maximum Gasteiger partial charge on any atom is 0.243 e. The normalized spacial score (nSPS) is 26.6. The number of morpholine rings is 1. The number of rotatable bonds is 4. The van der Waals surface area contributed by atoms with Crippen molar-refractivity contribution >= 4 is 44.6 Å². The van der Waals surface area contributed by atoms with E-state index in [1.807, 2.05) is 0 Å². The van der Waals surface area contributed by atoms with Gasteiger partial charge in [0.05, 0.1) is 28.8 Å². The molecule has 156 valence electrons. The highest BCUT2D eigenvalue weighted by Gasteiger charge is 2.29. The summed E-state index contributed by atoms with van der Waals surface area (Å²) >= 11 is 11.8. The molecular weight excluding hydrogens is 418 g/mol. The highest BCUT2D eigenvalue weighted by Crippen LogP contribution is 2.30. The molecule has 0 amide bonds. The van der Waals surface area contributed by atoms with Crippen LogP contribution < -0.4 is 10.6 Å². The van der Waals surface area contributed by atoms with Crippen molar-refractivity contribution in [2.45, 2.75) is 44.0 Å². The van der Waals surface area contributed by atoms with E-state index in [0.29, 0.717) is 60.0 Å². The maximum absolute atomic E-state index is 12.9. The summed E-state index contributed by atoms with van der Waals surface area (Å²) in [4.78, 5) is 0.198. The predicted molar refractivity (Wildman–Crippen MR) is 116 cm³/mol. The second kappa shape index (κ2) is 9.26. The third-order valence-corrected chi connectivity index (χ3v) is 8.26. The molecule has 0 bridgehead atoms. The van der Waals surface area contributed by atoms with Gasteiger partial charge in [-0.2, -0.15) is 4.31 Å². The Kier molecular flexibility index (Phi) is 7.20. The van der Waals surface area contributed by atoms with E-state index in [0.717, 1.165) is 6.42 Å². The zero-order valence-electron chi connectivity index (χ0n) is 16.3. The van der Waals surface area contributed by atoms with E-state index in [1.165, 1.54) is 23.2 Å². The first-order chi connectivity index (χ1) is 13.3. The summed E-state index contributed by atoms with van der Waals surface area (Å²) in [5, 5.41) is 7.36. The Morgan fingerprint density at radius 3 is 2.68 bits per heavy atom. The molecule has 1 aliphatic heterocycles. The Morgan fingerprint density at radius 2 is 1.96 bits per heavy atom. The summed E-state index contributed by atoms with van der Waals surface area (Å²) in [5.41, 5.74) is 0.491. The second-order valence-electron chi connectivity index (χ2n) is 7.63. The largest absolute Gasteiger partial charge is 0.379 e. The first-order valence-electron chi connectivity index (χ1n) is 9.74. The van der Waals surface area contributed by atoms with Gasteiger partial charge in [-0.15, -0.1) is 0 Å². The van der Waals surface area contributed by atoms with Gasteiger partial charge in [-0.05, 0) is 48.7 Å². The van der Waals surface area contributed by atoms with Crippen molar-refractivity contribution in [3.8, 4) is 0 Å². The summed E-state index contributed by atoms with van der Waals surface area (Å²) < 4.78 is 32.5. The Bertz CT molecular complexity index is 813. The zero-order chi connectivity index (χ0) is 20.3. The van der Waals surface area contributed by atoms with Crippen LogP contribution in [0.1, 0.15) is 33.1 Å². The average Bonchev–Trinajstić information content (AvgIpc) is 2.68. The van der Waals surface area contributed by atoms with Crippen molar-refractivity contribution in [2.24, 2.45) is 11.8 Å². The van der Waals surface area contributed by atoms with Gasteiger partial charge in [0.2, 0.25) is 10.0 Å². The lowest BCUT2D eigenvalue weighted by Crippen LogP contribution is -2.45. The molecule has 1 heterocycles. The molecule has 1 aromatic rings. The maximum atomic E-state index is 12.9. The Hall–Kier alpha value is -0.930. The molecule has 1 aliphatic carbocycles. The topological polar surface area (TPSA) is 70.7 Å². The number of ether oxygens (including phenoxy) is 1. The summed E-state index contributed by atoms with van der Waals surface area (Å²) in [7, 11) is -3.59. The van der Waals surface area contributed by atoms with E-state index >= 15 is 0 Å². The van der Waals surface area contributed by atoms with E-state index in [4.69, 9.17) is 28.6 Å². The minimum Gasteiger partial charge on any atom is -0.379 e. The van der Waals surface area contributed by atoms with Gasteiger partial charge in [-0.1, -0.05) is 38.3 Å². The summed E-state index contributed by atoms with van der Waals surface area (Å²) in [5.74, 6) is 1.18. The van der Waals surface area contributed by atoms with Crippen LogP contribution in [0.5, 0.6) is 0 Å². The fourth-order valence-electron chi connectivity index (χ4n) is 3.81. The minimum atomic E-state index is -3.59. The summed E-state index contributed by atoms with van der Waals surface area (Å²) in [6.45, 7) is 6.03. The number of anilines is 1. The van der Waals surface area contributed by atoms with Gasteiger partial charge in [-0.25, -0.2) is 8.42 Å². The molecule has 3 atom stereocenters. The van der Waals surface area contributed by atoms with Crippen LogP contribution in [0.25, 0.3) is 0 Å². The third-order valence-electron chi connectivity index (χ3n) is 5.82. The van der Waals surface area contributed by atoms with Gasteiger partial charge in [0.1, 0.15) is 0 Å². The Morgan fingerprint density at radius 1 is 1.25 bits per heavy atom. The smallest absolute Gasteiger partial charge is 0.243 e. The number of nitrogens with one attached hydrogen (secondary N) is 2. The van der Waals surface area contributed by atoms with E-state index in [-0.39, 0.29) is 4.90 Å². The number of nitrogens with zero attached hydrogens (tertiary/aromatic N) is 1. The molecule has 0 unspecified atom stereocenters. The average molecular weight is 446 g/mol. The van der Waals surface area contributed by atoms with Crippen molar-refractivity contribution in [1.82, 2.24) is 9.62 Å². The van der Waals surface area contributed by atoms with Crippen LogP contribution in [-0.4, -0.2) is 50.2 Å². The van der Waals surface area contributed by atoms with Crippen molar-refractivity contribution in [1.29, 1.82) is 0 Å². The van der Waals surface area contributed by atoms with Crippen LogP contribution in [0, 0.1) is 11.8 Å². The summed E-state index contributed by atoms with van der Waals surface area (Å²) in [6, 6.07) is 4.97. The zero-order valence-corrected chi connectivity index (χ0v) is 18.7. The van der Waals surface area contributed by atoms with Gasteiger partial charge < -0.3 is 15.4 Å². The molecule has 0 radical (unpaired) electrons. The van der Waals surface area contributed by atoms with Gasteiger partial charge in [-0.3, -0.25) is 0 Å². The Labute approximate surface area is 178 Å². The van der Waals surface area contributed by atoms with Crippen LogP contribution >= 0.6 is 23.8 Å². The van der Waals surface area contributed by atoms with Crippen molar-refractivity contribution in [2.75, 3.05) is 31.6 Å². The minimum absolute atomic E-state index is 0.198. The van der Waals surface area contributed by atoms with E-state index < -0.39 is 10.0 Å². The van der Waals surface area contributed by atoms with E-state index in [1.54, 1.807) is 12.1 Å². The number of hydrogen-bond acceptors (Lipinski definition) is 4. The molecule has 0 aromatic heterocycles. The first-order valence-corrected chi connectivity index (χ1v) is 12.0. The SMILES string of the molecule is C[C@@H]1[C@H](C)CCC[C@@H]1NC(=S)Nc1cc(S(=O)(=O)N2CCOCC2)ccc1Cl. The number of sulfonamides is 1. The lowest BCUT2D eigenvalue weighted by atomic mass is 9.78. The number of thiocarbonyl (C=S) groups is 1. The molecule has 2 N–H and O–H groups in total. The molecule has 6 nitrogen and oxygen atoms in total. The molecular formula is C19H28ClN3O3S2. The van der Waals surface area contributed by atoms with Crippen molar-refractivity contribution in [3.05, 3.63) is 23.2 Å². The van der Waals surface area contributed by atoms with E-state index in [9.17, 15) is 8.42 Å². The fourth-order valence-corrected chi connectivity index (χ4v) is 5.67. The molecule has 9 heteroatoms. The quantitative estimate of drug-likeness (QED) is 0.691. The van der Waals surface area contributed by atoms with Crippen LogP contribution in [-0.2, 0) is 14.8 Å². The molecule has 2 fully saturated rings. The van der Waals surface area contributed by atoms with E-state index in [2.05, 4.69) is 24.5 Å². The fraction of sp³-hybridized carbons (Fsp3) is 0.632. The number of hydrogen-bond donors (Lipinski definition) is 2. The molecule has 1 aromatic carbocycles. The highest BCUT2D eigenvalue weighted by molar-refractivity contribution is 7.89. The standard InChI is InChI=1S/C19H28ClN3O3S2/c1-13-4-3-5-17(14(13)2)21-19(27)22-18-12-15(6-7-16(18)20)28(24,25)23-8-10-26-11-9-23/h6-7,12-14,17H,3-5,8-11H2,1-2H3,(H2,21,22,27)/t13-,14-,17+/m1/s1. The van der Waals surface area contributed by atoms with Crippen molar-refractivity contribution in [3.63, 3.8) is 0 Å². The monoisotopic (exact) mass is 445 g/mol. The molecule has 2 aliphatic rings. The van der Waals surface area contributed by atoms with Gasteiger partial charge in [0.15, 0.2) is 5.11 Å². The van der Waals surface area contributed by atoms with Crippen LogP contribution in [0.4, 0.5) is 5.69 Å². The second-order valence-corrected chi connectivity index (χ2v) is 10.4. The Balaban J connectivity index is 1.72. The van der Waals surface area contributed by atoms with Crippen LogP contribution in [0.2, 0.25) is 5.02 Å². The van der Waals surface area contributed by atoms with Crippen LogP contribution in [0.3, 0.4) is 0 Å². The predicted octanol–water partition coefficient (Wildman–Crippen LogP) is 3.47. The van der Waals surface area contributed by atoms with Crippen molar-refractivity contribution < 1.29 is 13.2 Å². The lowest BCUT2D eigenvalue weighted by Gasteiger charge is -2.35. The van der Waals surface area contributed by atoms with Gasteiger partial charge in [0, 0.05) is 19.1 Å². The third kappa shape index (κ3) is 4.97. The van der Waals surface area contributed by atoms with Crippen LogP contribution in [0.15, 0.2) is 23.1 Å². The molecule has 3 rings (SSSR count). The summed E-state index contributed by atoms with van der Waals surface area (Å²) in [6.07, 6.45) is 3.50. The number of halogens is 1. The molecule has 28 heavy (non-hydrogen) atoms. The molecule has 1 saturated carbocycles. The lowest BCUT2D eigenvalue weighted by molar-refractivity contribution is 0.0730. The molecule has 1 saturated heterocycles. The molecule has 0 spiro atoms.